The van der Waals surface area contributed by atoms with E-state index in [-0.39, 0.29) is 11.4 Å². The van der Waals surface area contributed by atoms with Crippen molar-refractivity contribution in [2.75, 3.05) is 0 Å². The first-order valence-corrected chi connectivity index (χ1v) is 8.14. The highest BCUT2D eigenvalue weighted by Crippen LogP contribution is 2.24. The lowest BCUT2D eigenvalue weighted by atomic mass is 9.96. The van der Waals surface area contributed by atoms with Crippen molar-refractivity contribution in [2.45, 2.75) is 48.9 Å². The maximum Gasteiger partial charge on any atom is 0.240 e. The Labute approximate surface area is 114 Å². The number of benzene rings is 1. The second kappa shape index (κ2) is 5.59. The van der Waals surface area contributed by atoms with Gasteiger partial charge in [0, 0.05) is 11.4 Å². The summed E-state index contributed by atoms with van der Waals surface area (Å²) >= 11 is 6.17. The number of hydrogen-bond acceptors (Lipinski definition) is 2. The number of nitrogens with one attached hydrogen (secondary N) is 1. The van der Waals surface area contributed by atoms with Crippen LogP contribution in [0.25, 0.3) is 0 Å². The van der Waals surface area contributed by atoms with E-state index in [1.54, 1.807) is 24.3 Å². The largest absolute Gasteiger partial charge is 0.240 e. The molecule has 0 saturated heterocycles. The van der Waals surface area contributed by atoms with E-state index >= 15 is 0 Å². The van der Waals surface area contributed by atoms with Crippen LogP contribution in [-0.4, -0.2) is 19.8 Å². The molecular formula is C13H18ClNO2S. The Morgan fingerprint density at radius 2 is 1.78 bits per heavy atom. The minimum Gasteiger partial charge on any atom is -0.207 e. The number of hydrogen-bond donors (Lipinski definition) is 1. The first-order valence-electron chi connectivity index (χ1n) is 6.22. The molecule has 1 aliphatic carbocycles. The standard InChI is InChI=1S/C13H18ClNO2S/c1-10-6-8-11(9-7-10)18(16,17)15-13-5-3-2-4-12(13)14/h6-9,12-13,15H,2-5H2,1H3/t12-,13+/m0/s1. The maximum absolute atomic E-state index is 12.2. The van der Waals surface area contributed by atoms with Crippen LogP contribution < -0.4 is 4.72 Å². The van der Waals surface area contributed by atoms with Gasteiger partial charge in [-0.2, -0.15) is 0 Å². The highest BCUT2D eigenvalue weighted by molar-refractivity contribution is 7.89. The van der Waals surface area contributed by atoms with Crippen LogP contribution in [0.2, 0.25) is 0 Å². The van der Waals surface area contributed by atoms with Gasteiger partial charge in [-0.1, -0.05) is 30.5 Å². The third-order valence-corrected chi connectivity index (χ3v) is 5.35. The maximum atomic E-state index is 12.2. The fourth-order valence-corrected chi connectivity index (χ4v) is 3.93. The highest BCUT2D eigenvalue weighted by atomic mass is 35.5. The molecule has 1 saturated carbocycles. The van der Waals surface area contributed by atoms with Crippen LogP contribution in [0.5, 0.6) is 0 Å². The lowest BCUT2D eigenvalue weighted by molar-refractivity contribution is 0.418. The van der Waals surface area contributed by atoms with Crippen molar-refractivity contribution in [2.24, 2.45) is 0 Å². The van der Waals surface area contributed by atoms with E-state index in [4.69, 9.17) is 11.6 Å². The zero-order valence-corrected chi connectivity index (χ0v) is 12.0. The number of rotatable bonds is 3. The van der Waals surface area contributed by atoms with Crippen LogP contribution in [0.4, 0.5) is 0 Å². The average molecular weight is 288 g/mol. The Bertz CT molecular complexity index is 498. The number of alkyl halides is 1. The molecule has 18 heavy (non-hydrogen) atoms. The molecular weight excluding hydrogens is 270 g/mol. The molecule has 2 atom stereocenters. The quantitative estimate of drug-likeness (QED) is 0.869. The minimum atomic E-state index is -3.44. The van der Waals surface area contributed by atoms with Crippen molar-refractivity contribution in [1.82, 2.24) is 4.72 Å². The van der Waals surface area contributed by atoms with Gasteiger partial charge in [-0.15, -0.1) is 11.6 Å². The normalized spacial score (nSPS) is 25.0. The number of halogens is 1. The summed E-state index contributed by atoms with van der Waals surface area (Å²) in [6, 6.07) is 6.71. The average Bonchev–Trinajstić information content (AvgIpc) is 2.32. The van der Waals surface area contributed by atoms with Gasteiger partial charge >= 0.3 is 0 Å². The topological polar surface area (TPSA) is 46.2 Å². The van der Waals surface area contributed by atoms with E-state index in [9.17, 15) is 8.42 Å². The first-order chi connectivity index (χ1) is 8.49. The monoisotopic (exact) mass is 287 g/mol. The number of aryl methyl sites for hydroxylation is 1. The van der Waals surface area contributed by atoms with Crippen molar-refractivity contribution < 1.29 is 8.42 Å². The van der Waals surface area contributed by atoms with E-state index in [1.165, 1.54) is 0 Å². The van der Waals surface area contributed by atoms with Gasteiger partial charge in [0.15, 0.2) is 0 Å². The van der Waals surface area contributed by atoms with E-state index in [0.717, 1.165) is 31.2 Å². The Hall–Kier alpha value is -0.580. The van der Waals surface area contributed by atoms with Gasteiger partial charge in [-0.05, 0) is 31.9 Å². The van der Waals surface area contributed by atoms with Crippen LogP contribution in [0.15, 0.2) is 29.2 Å². The molecule has 1 aromatic carbocycles. The van der Waals surface area contributed by atoms with Crippen molar-refractivity contribution >= 4 is 21.6 Å². The van der Waals surface area contributed by atoms with Gasteiger partial charge in [0.05, 0.1) is 4.90 Å². The first kappa shape index (κ1) is 13.8. The van der Waals surface area contributed by atoms with Crippen LogP contribution >= 0.6 is 11.6 Å². The van der Waals surface area contributed by atoms with E-state index < -0.39 is 10.0 Å². The van der Waals surface area contributed by atoms with Crippen molar-refractivity contribution in [3.8, 4) is 0 Å². The molecule has 0 aromatic heterocycles. The molecule has 2 rings (SSSR count). The summed E-state index contributed by atoms with van der Waals surface area (Å²) in [6.45, 7) is 1.93. The minimum absolute atomic E-state index is 0.0982. The van der Waals surface area contributed by atoms with E-state index in [1.807, 2.05) is 6.92 Å². The third kappa shape index (κ3) is 3.25. The smallest absolute Gasteiger partial charge is 0.207 e. The van der Waals surface area contributed by atoms with Gasteiger partial charge < -0.3 is 0 Å². The van der Waals surface area contributed by atoms with E-state index in [2.05, 4.69) is 4.72 Å². The fraction of sp³-hybridized carbons (Fsp3) is 0.538. The molecule has 5 heteroatoms. The van der Waals surface area contributed by atoms with Crippen LogP contribution in [0.3, 0.4) is 0 Å². The molecule has 0 aliphatic heterocycles. The summed E-state index contributed by atoms with van der Waals surface area (Å²) in [6.07, 6.45) is 3.81. The van der Waals surface area contributed by atoms with Gasteiger partial charge in [0.1, 0.15) is 0 Å². The van der Waals surface area contributed by atoms with Crippen LogP contribution in [-0.2, 0) is 10.0 Å². The van der Waals surface area contributed by atoms with Gasteiger partial charge in [-0.25, -0.2) is 13.1 Å². The molecule has 0 bridgehead atoms. The molecule has 0 unspecified atom stereocenters. The van der Waals surface area contributed by atoms with Gasteiger partial charge in [-0.3, -0.25) is 0 Å². The van der Waals surface area contributed by atoms with Gasteiger partial charge in [0.2, 0.25) is 10.0 Å². The molecule has 3 nitrogen and oxygen atoms in total. The Kier molecular flexibility index (Phi) is 4.30. The molecule has 0 heterocycles. The molecule has 1 N–H and O–H groups in total. The van der Waals surface area contributed by atoms with Crippen molar-refractivity contribution in [1.29, 1.82) is 0 Å². The highest BCUT2D eigenvalue weighted by Gasteiger charge is 2.27. The molecule has 0 amide bonds. The second-order valence-electron chi connectivity index (χ2n) is 4.84. The molecule has 1 aromatic rings. The molecule has 100 valence electrons. The van der Waals surface area contributed by atoms with E-state index in [0.29, 0.717) is 4.90 Å². The molecule has 0 spiro atoms. The number of sulfonamides is 1. The van der Waals surface area contributed by atoms with Crippen LogP contribution in [0, 0.1) is 6.92 Å². The molecule has 0 radical (unpaired) electrons. The summed E-state index contributed by atoms with van der Waals surface area (Å²) < 4.78 is 27.1. The predicted octanol–water partition coefficient (Wildman–Crippen LogP) is 2.82. The summed E-state index contributed by atoms with van der Waals surface area (Å²) in [5, 5.41) is -0.0982. The summed E-state index contributed by atoms with van der Waals surface area (Å²) in [5.74, 6) is 0. The van der Waals surface area contributed by atoms with Gasteiger partial charge in [0.25, 0.3) is 0 Å². The summed E-state index contributed by atoms with van der Waals surface area (Å²) in [5.41, 5.74) is 1.04. The summed E-state index contributed by atoms with van der Waals surface area (Å²) in [7, 11) is -3.44. The molecule has 1 fully saturated rings. The summed E-state index contributed by atoms with van der Waals surface area (Å²) in [4.78, 5) is 0.308. The predicted molar refractivity (Wildman–Crippen MR) is 73.4 cm³/mol. The third-order valence-electron chi connectivity index (χ3n) is 3.32. The lowest BCUT2D eigenvalue weighted by Gasteiger charge is -2.27. The SMILES string of the molecule is Cc1ccc(S(=O)(=O)N[C@@H]2CCCC[C@@H]2Cl)cc1. The Balaban J connectivity index is 2.13. The van der Waals surface area contributed by atoms with Crippen molar-refractivity contribution in [3.05, 3.63) is 29.8 Å². The zero-order valence-electron chi connectivity index (χ0n) is 10.4. The molecule has 1 aliphatic rings. The Morgan fingerprint density at radius 3 is 2.39 bits per heavy atom. The fourth-order valence-electron chi connectivity index (χ4n) is 2.20. The van der Waals surface area contributed by atoms with Crippen molar-refractivity contribution in [3.63, 3.8) is 0 Å². The Morgan fingerprint density at radius 1 is 1.17 bits per heavy atom. The van der Waals surface area contributed by atoms with Crippen LogP contribution in [0.1, 0.15) is 31.2 Å². The zero-order chi connectivity index (χ0) is 13.2. The lowest BCUT2D eigenvalue weighted by Crippen LogP contribution is -2.42. The second-order valence-corrected chi connectivity index (χ2v) is 7.12.